The van der Waals surface area contributed by atoms with Gasteiger partial charge in [-0.1, -0.05) is 232 Å². The first-order valence-corrected chi connectivity index (χ1v) is 30.1. The number of esters is 1. The smallest absolute Gasteiger partial charge is 0.306 e. The molecule has 0 aliphatic rings. The number of phosphoric acid groups is 1. The average Bonchev–Trinajstić information content (AvgIpc) is 3.28. The third-order valence-electron chi connectivity index (χ3n) is 12.9. The van der Waals surface area contributed by atoms with Gasteiger partial charge in [0.2, 0.25) is 5.91 Å². The molecule has 0 rings (SSSR count). The largest absolute Gasteiger partial charge is 0.756 e. The van der Waals surface area contributed by atoms with Crippen molar-refractivity contribution in [2.45, 2.75) is 290 Å². The molecule has 0 radical (unpaired) electrons. The number of carbonyl (C=O) groups excluding carboxylic acids is 2. The van der Waals surface area contributed by atoms with E-state index >= 15 is 0 Å². The molecule has 0 saturated heterocycles. The quantitative estimate of drug-likeness (QED) is 0.0212. The number of phosphoric ester groups is 1. The molecule has 0 aromatic rings. The molecule has 1 N–H and O–H groups in total. The van der Waals surface area contributed by atoms with Crippen LogP contribution in [0, 0.1) is 0 Å². The Hall–Kier alpha value is -1.51. The van der Waals surface area contributed by atoms with Crippen LogP contribution in [0.1, 0.15) is 278 Å². The standard InChI is InChI=1S/C57H111N2O7P/c1-7-10-13-16-19-22-25-28-29-30-32-34-37-40-43-46-49-56(60)58-54(53-65-67(62,63)64-52-51-59(4,5)6)55(48-45-42-39-36-33-27-24-21-18-15-12-9-3)66-57(61)50-47-44-41-38-35-31-26-23-20-17-14-11-8-2/h31,35,45,48,54-55H,7-30,32-34,36-44,46-47,49-53H2,1-6H3,(H-,58,60,62,63)/b35-31-,48-45+. The number of hydrogen-bond donors (Lipinski definition) is 1. The highest BCUT2D eigenvalue weighted by atomic mass is 31.2. The zero-order chi connectivity index (χ0) is 49.4. The first-order valence-electron chi connectivity index (χ1n) is 28.6. The number of hydrogen-bond acceptors (Lipinski definition) is 7. The maximum atomic E-state index is 13.5. The number of likely N-dealkylation sites (N-methyl/N-ethyl adjacent to an activating group) is 1. The minimum absolute atomic E-state index is 0.0212. The Kier molecular flexibility index (Phi) is 47.0. The first-order chi connectivity index (χ1) is 32.4. The zero-order valence-corrected chi connectivity index (χ0v) is 46.0. The minimum atomic E-state index is -4.69. The second-order valence-electron chi connectivity index (χ2n) is 20.8. The fraction of sp³-hybridized carbons (Fsp3) is 0.895. The van der Waals surface area contributed by atoms with Crippen LogP contribution in [0.4, 0.5) is 0 Å². The van der Waals surface area contributed by atoms with Gasteiger partial charge in [-0.25, -0.2) is 0 Å². The summed E-state index contributed by atoms with van der Waals surface area (Å²) in [5, 5.41) is 3.02. The van der Waals surface area contributed by atoms with Gasteiger partial charge >= 0.3 is 5.97 Å². The normalized spacial score (nSPS) is 14.0. The number of quaternary nitrogens is 1. The molecule has 1 amide bonds. The molecule has 0 aromatic heterocycles. The summed E-state index contributed by atoms with van der Waals surface area (Å²) in [6.07, 6.45) is 54.2. The number of rotatable bonds is 52. The van der Waals surface area contributed by atoms with Crippen molar-refractivity contribution in [3.63, 3.8) is 0 Å². The van der Waals surface area contributed by atoms with Gasteiger partial charge in [0.1, 0.15) is 19.3 Å². The predicted octanol–water partition coefficient (Wildman–Crippen LogP) is 16.4. The van der Waals surface area contributed by atoms with Crippen molar-refractivity contribution in [3.05, 3.63) is 24.3 Å². The Bertz CT molecular complexity index is 1210. The Labute approximate surface area is 415 Å². The molecule has 10 heteroatoms. The lowest BCUT2D eigenvalue weighted by molar-refractivity contribution is -0.870. The van der Waals surface area contributed by atoms with Gasteiger partial charge in [0, 0.05) is 12.8 Å². The molecule has 0 bridgehead atoms. The molecule has 3 atom stereocenters. The van der Waals surface area contributed by atoms with Crippen LogP contribution in [0.2, 0.25) is 0 Å². The van der Waals surface area contributed by atoms with Crippen molar-refractivity contribution in [2.75, 3.05) is 40.9 Å². The molecule has 67 heavy (non-hydrogen) atoms. The maximum absolute atomic E-state index is 13.5. The van der Waals surface area contributed by atoms with Gasteiger partial charge < -0.3 is 28.5 Å². The number of carbonyl (C=O) groups is 2. The second-order valence-corrected chi connectivity index (χ2v) is 22.2. The topological polar surface area (TPSA) is 114 Å². The molecule has 0 aliphatic heterocycles. The van der Waals surface area contributed by atoms with Crippen molar-refractivity contribution in [3.8, 4) is 0 Å². The van der Waals surface area contributed by atoms with Crippen LogP contribution in [0.3, 0.4) is 0 Å². The Balaban J connectivity index is 5.34. The van der Waals surface area contributed by atoms with E-state index in [9.17, 15) is 19.0 Å². The molecule has 0 aromatic carbocycles. The summed E-state index contributed by atoms with van der Waals surface area (Å²) < 4.78 is 30.2. The van der Waals surface area contributed by atoms with Crippen molar-refractivity contribution in [2.24, 2.45) is 0 Å². The van der Waals surface area contributed by atoms with E-state index in [1.807, 2.05) is 33.3 Å². The van der Waals surface area contributed by atoms with Crippen LogP contribution >= 0.6 is 7.82 Å². The summed E-state index contributed by atoms with van der Waals surface area (Å²) in [5.74, 6) is -0.548. The fourth-order valence-electron chi connectivity index (χ4n) is 8.40. The summed E-state index contributed by atoms with van der Waals surface area (Å²) in [7, 11) is 1.19. The number of allylic oxidation sites excluding steroid dienone is 3. The summed E-state index contributed by atoms with van der Waals surface area (Å²) in [4.78, 5) is 39.8. The predicted molar refractivity (Wildman–Crippen MR) is 284 cm³/mol. The Morgan fingerprint density at radius 2 is 0.866 bits per heavy atom. The van der Waals surface area contributed by atoms with Gasteiger partial charge in [0.25, 0.3) is 7.82 Å². The summed E-state index contributed by atoms with van der Waals surface area (Å²) in [6.45, 7) is 6.84. The van der Waals surface area contributed by atoms with Gasteiger partial charge in [-0.3, -0.25) is 14.2 Å². The van der Waals surface area contributed by atoms with Crippen molar-refractivity contribution in [1.82, 2.24) is 5.32 Å². The van der Waals surface area contributed by atoms with Crippen molar-refractivity contribution < 1.29 is 37.3 Å². The van der Waals surface area contributed by atoms with Crippen LogP contribution in [-0.4, -0.2) is 69.4 Å². The lowest BCUT2D eigenvalue weighted by Crippen LogP contribution is -2.47. The lowest BCUT2D eigenvalue weighted by atomic mass is 10.0. The highest BCUT2D eigenvalue weighted by molar-refractivity contribution is 7.45. The number of amides is 1. The molecular formula is C57H111N2O7P. The zero-order valence-electron chi connectivity index (χ0n) is 45.1. The third-order valence-corrected chi connectivity index (χ3v) is 13.8. The van der Waals surface area contributed by atoms with E-state index in [0.29, 0.717) is 23.9 Å². The van der Waals surface area contributed by atoms with Gasteiger partial charge in [0.05, 0.1) is 33.8 Å². The molecule has 396 valence electrons. The van der Waals surface area contributed by atoms with Gasteiger partial charge in [-0.15, -0.1) is 0 Å². The minimum Gasteiger partial charge on any atom is -0.756 e. The Morgan fingerprint density at radius 1 is 0.507 bits per heavy atom. The molecule has 0 spiro atoms. The van der Waals surface area contributed by atoms with E-state index in [4.69, 9.17) is 13.8 Å². The number of ether oxygens (including phenoxy) is 1. The fourth-order valence-corrected chi connectivity index (χ4v) is 9.12. The van der Waals surface area contributed by atoms with Crippen LogP contribution in [0.25, 0.3) is 0 Å². The van der Waals surface area contributed by atoms with Crippen molar-refractivity contribution >= 4 is 19.7 Å². The lowest BCUT2D eigenvalue weighted by Gasteiger charge is -2.30. The molecule has 0 heterocycles. The summed E-state index contributed by atoms with van der Waals surface area (Å²) >= 11 is 0. The van der Waals surface area contributed by atoms with Crippen LogP contribution < -0.4 is 10.2 Å². The third kappa shape index (κ3) is 49.3. The van der Waals surface area contributed by atoms with Crippen LogP contribution in [-0.2, 0) is 27.9 Å². The number of nitrogens with one attached hydrogen (secondary N) is 1. The van der Waals surface area contributed by atoms with Gasteiger partial charge in [0.15, 0.2) is 0 Å². The van der Waals surface area contributed by atoms with E-state index in [0.717, 1.165) is 64.2 Å². The molecule has 0 fully saturated rings. The monoisotopic (exact) mass is 967 g/mol. The van der Waals surface area contributed by atoms with E-state index in [1.165, 1.54) is 173 Å². The van der Waals surface area contributed by atoms with E-state index in [1.54, 1.807) is 0 Å². The van der Waals surface area contributed by atoms with E-state index in [2.05, 4.69) is 38.2 Å². The van der Waals surface area contributed by atoms with Crippen LogP contribution in [0.5, 0.6) is 0 Å². The van der Waals surface area contributed by atoms with Gasteiger partial charge in [-0.05, 0) is 57.4 Å². The Morgan fingerprint density at radius 3 is 1.28 bits per heavy atom. The highest BCUT2D eigenvalue weighted by Gasteiger charge is 2.27. The van der Waals surface area contributed by atoms with Crippen molar-refractivity contribution in [1.29, 1.82) is 0 Å². The highest BCUT2D eigenvalue weighted by Crippen LogP contribution is 2.38. The summed E-state index contributed by atoms with van der Waals surface area (Å²) in [6, 6.07) is -0.887. The summed E-state index contributed by atoms with van der Waals surface area (Å²) in [5.41, 5.74) is 0. The molecule has 3 unspecified atom stereocenters. The van der Waals surface area contributed by atoms with E-state index < -0.39 is 20.0 Å². The molecule has 9 nitrogen and oxygen atoms in total. The maximum Gasteiger partial charge on any atom is 0.306 e. The molecular weight excluding hydrogens is 856 g/mol. The van der Waals surface area contributed by atoms with Gasteiger partial charge in [-0.2, -0.15) is 0 Å². The van der Waals surface area contributed by atoms with Crippen LogP contribution in [0.15, 0.2) is 24.3 Å². The first kappa shape index (κ1) is 65.5. The molecule has 0 saturated carbocycles. The second kappa shape index (κ2) is 48.1. The average molecular weight is 967 g/mol. The molecule has 0 aliphatic carbocycles. The SMILES string of the molecule is CCCCCCCC/C=C\CCCCCC(=O)OC(/C=C/CCCCCCCCCCCC)C(COP(=O)([O-])OCC[N+](C)(C)C)NC(=O)CCCCCCCCCCCCCCCCCC. The number of nitrogens with zero attached hydrogens (tertiary/aromatic N) is 1. The number of unbranched alkanes of at least 4 members (excludes halogenated alkanes) is 34. The van der Waals surface area contributed by atoms with E-state index in [-0.39, 0.29) is 31.5 Å².